The van der Waals surface area contributed by atoms with Gasteiger partial charge in [0.15, 0.2) is 0 Å². The Morgan fingerprint density at radius 2 is 2.05 bits per heavy atom. The van der Waals surface area contributed by atoms with Gasteiger partial charge >= 0.3 is 5.51 Å². The predicted molar refractivity (Wildman–Crippen MR) is 81.5 cm³/mol. The molecular formula is C15H19F3N2OS. The molecular weight excluding hydrogens is 313 g/mol. The Morgan fingerprint density at radius 1 is 1.36 bits per heavy atom. The largest absolute Gasteiger partial charge is 0.441 e. The van der Waals surface area contributed by atoms with Crippen molar-refractivity contribution in [2.75, 3.05) is 18.8 Å². The number of fused-ring (bicyclic) bond motifs is 1. The van der Waals surface area contributed by atoms with Crippen LogP contribution in [0.4, 0.5) is 13.2 Å². The van der Waals surface area contributed by atoms with Crippen molar-refractivity contribution in [1.29, 1.82) is 0 Å². The Bertz CT molecular complexity index is 522. The van der Waals surface area contributed by atoms with Gasteiger partial charge in [0.2, 0.25) is 5.91 Å². The first-order valence-corrected chi connectivity index (χ1v) is 8.14. The number of benzene rings is 1. The van der Waals surface area contributed by atoms with Crippen LogP contribution in [0.1, 0.15) is 18.1 Å². The highest BCUT2D eigenvalue weighted by atomic mass is 32.2. The van der Waals surface area contributed by atoms with Crippen LogP contribution in [0.5, 0.6) is 0 Å². The van der Waals surface area contributed by atoms with Crippen molar-refractivity contribution in [3.8, 4) is 0 Å². The Hall–Kier alpha value is -1.21. The van der Waals surface area contributed by atoms with Crippen LogP contribution in [0.15, 0.2) is 24.3 Å². The number of nitrogens with zero attached hydrogens (tertiary/aromatic N) is 1. The molecule has 1 aliphatic heterocycles. The van der Waals surface area contributed by atoms with E-state index in [9.17, 15) is 18.0 Å². The fraction of sp³-hybridized carbons (Fsp3) is 0.533. The van der Waals surface area contributed by atoms with Gasteiger partial charge in [0.25, 0.3) is 0 Å². The van der Waals surface area contributed by atoms with Crippen molar-refractivity contribution in [3.63, 3.8) is 0 Å². The highest BCUT2D eigenvalue weighted by Gasteiger charge is 2.28. The maximum Gasteiger partial charge on any atom is 0.441 e. The quantitative estimate of drug-likeness (QED) is 0.842. The van der Waals surface area contributed by atoms with E-state index >= 15 is 0 Å². The maximum absolute atomic E-state index is 12.0. The third-order valence-electron chi connectivity index (χ3n) is 3.75. The minimum absolute atomic E-state index is 0.0256. The van der Waals surface area contributed by atoms with E-state index in [1.165, 1.54) is 11.1 Å². The minimum atomic E-state index is -4.24. The fourth-order valence-corrected chi connectivity index (χ4v) is 2.94. The molecule has 0 bridgehead atoms. The van der Waals surface area contributed by atoms with Gasteiger partial charge in [-0.25, -0.2) is 0 Å². The molecule has 1 aromatic rings. The van der Waals surface area contributed by atoms with Crippen LogP contribution in [0, 0.1) is 0 Å². The number of carbonyl (C=O) groups is 1. The summed E-state index contributed by atoms with van der Waals surface area (Å²) in [5, 5.41) is 2.57. The molecule has 2 rings (SSSR count). The number of thioether (sulfide) groups is 1. The Balaban J connectivity index is 1.79. The third kappa shape index (κ3) is 4.91. The van der Waals surface area contributed by atoms with E-state index in [0.29, 0.717) is 6.54 Å². The molecule has 0 fully saturated rings. The molecule has 122 valence electrons. The van der Waals surface area contributed by atoms with Gasteiger partial charge < -0.3 is 5.32 Å². The molecule has 0 aliphatic carbocycles. The van der Waals surface area contributed by atoms with E-state index in [1.54, 1.807) is 6.92 Å². The van der Waals surface area contributed by atoms with Gasteiger partial charge in [0.1, 0.15) is 0 Å². The van der Waals surface area contributed by atoms with Crippen LogP contribution in [0.2, 0.25) is 0 Å². The zero-order valence-electron chi connectivity index (χ0n) is 12.3. The van der Waals surface area contributed by atoms with Gasteiger partial charge in [-0.2, -0.15) is 13.2 Å². The molecule has 22 heavy (non-hydrogen) atoms. The van der Waals surface area contributed by atoms with Crippen LogP contribution in [-0.4, -0.2) is 41.2 Å². The molecule has 7 heteroatoms. The van der Waals surface area contributed by atoms with Crippen molar-refractivity contribution in [2.24, 2.45) is 0 Å². The second-order valence-corrected chi connectivity index (χ2v) is 6.41. The summed E-state index contributed by atoms with van der Waals surface area (Å²) in [4.78, 5) is 14.1. The van der Waals surface area contributed by atoms with Gasteiger partial charge in [-0.1, -0.05) is 24.3 Å². The second-order valence-electron chi connectivity index (χ2n) is 5.25. The summed E-state index contributed by atoms with van der Waals surface area (Å²) in [5.41, 5.74) is -1.73. The number of carbonyl (C=O) groups excluding carboxylic acids is 1. The summed E-state index contributed by atoms with van der Waals surface area (Å²) in [5.74, 6) is -0.382. The lowest BCUT2D eigenvalue weighted by molar-refractivity contribution is -0.126. The van der Waals surface area contributed by atoms with E-state index in [2.05, 4.69) is 16.3 Å². The standard InChI is InChI=1S/C15H19F3N2OS/c1-11(14(21)19-7-9-22-15(16,17)18)20-8-6-12-4-2-3-5-13(12)10-20/h2-5,11H,6-10H2,1H3,(H,19,21)/t11-/m0/s1. The summed E-state index contributed by atoms with van der Waals surface area (Å²) >= 11 is -0.115. The normalized spacial score (nSPS) is 16.9. The van der Waals surface area contributed by atoms with Crippen molar-refractivity contribution in [1.82, 2.24) is 10.2 Å². The number of alkyl halides is 3. The molecule has 1 amide bonds. The number of rotatable bonds is 5. The Kier molecular flexibility index (Phi) is 5.74. The van der Waals surface area contributed by atoms with Crippen molar-refractivity contribution in [2.45, 2.75) is 31.4 Å². The lowest BCUT2D eigenvalue weighted by Gasteiger charge is -2.32. The minimum Gasteiger partial charge on any atom is -0.354 e. The van der Waals surface area contributed by atoms with Gasteiger partial charge in [-0.3, -0.25) is 9.69 Å². The smallest absolute Gasteiger partial charge is 0.354 e. The van der Waals surface area contributed by atoms with Crippen LogP contribution >= 0.6 is 11.8 Å². The average Bonchev–Trinajstić information content (AvgIpc) is 2.49. The number of nitrogens with one attached hydrogen (secondary N) is 1. The SMILES string of the molecule is C[C@@H](C(=O)NCCSC(F)(F)F)N1CCc2ccccc2C1. The molecule has 0 saturated carbocycles. The molecule has 3 nitrogen and oxygen atoms in total. The first kappa shape index (κ1) is 17.1. The molecule has 1 atom stereocenters. The van der Waals surface area contributed by atoms with Crippen molar-refractivity contribution >= 4 is 17.7 Å². The third-order valence-corrected chi connectivity index (χ3v) is 4.49. The zero-order chi connectivity index (χ0) is 16.2. The van der Waals surface area contributed by atoms with Crippen molar-refractivity contribution < 1.29 is 18.0 Å². The summed E-state index contributed by atoms with van der Waals surface area (Å²) in [7, 11) is 0. The molecule has 0 radical (unpaired) electrons. The van der Waals surface area contributed by atoms with Gasteiger partial charge in [0, 0.05) is 25.4 Å². The van der Waals surface area contributed by atoms with Crippen LogP contribution in [-0.2, 0) is 17.8 Å². The number of hydrogen-bond acceptors (Lipinski definition) is 3. The molecule has 0 unspecified atom stereocenters. The first-order valence-electron chi connectivity index (χ1n) is 7.16. The molecule has 1 N–H and O–H groups in total. The number of halogens is 3. The van der Waals surface area contributed by atoms with E-state index in [1.807, 2.05) is 18.2 Å². The van der Waals surface area contributed by atoms with E-state index < -0.39 is 5.51 Å². The highest BCUT2D eigenvalue weighted by molar-refractivity contribution is 8.00. The predicted octanol–water partition coefficient (Wildman–Crippen LogP) is 2.80. The molecule has 1 aliphatic rings. The molecule has 1 aromatic carbocycles. The molecule has 0 aromatic heterocycles. The summed E-state index contributed by atoms with van der Waals surface area (Å²) in [6, 6.07) is 7.77. The van der Waals surface area contributed by atoms with Crippen LogP contribution < -0.4 is 5.32 Å². The van der Waals surface area contributed by atoms with Gasteiger partial charge in [-0.15, -0.1) is 0 Å². The van der Waals surface area contributed by atoms with E-state index in [4.69, 9.17) is 0 Å². The lowest BCUT2D eigenvalue weighted by Crippen LogP contribution is -2.47. The highest BCUT2D eigenvalue weighted by Crippen LogP contribution is 2.29. The second kappa shape index (κ2) is 7.37. The number of amides is 1. The lowest BCUT2D eigenvalue weighted by atomic mass is 9.99. The zero-order valence-corrected chi connectivity index (χ0v) is 13.1. The van der Waals surface area contributed by atoms with Gasteiger partial charge in [-0.05, 0) is 36.2 Å². The summed E-state index contributed by atoms with van der Waals surface area (Å²) < 4.78 is 36.0. The van der Waals surface area contributed by atoms with Gasteiger partial charge in [0.05, 0.1) is 6.04 Å². The Morgan fingerprint density at radius 3 is 2.73 bits per heavy atom. The molecule has 1 heterocycles. The van der Waals surface area contributed by atoms with Crippen LogP contribution in [0.25, 0.3) is 0 Å². The van der Waals surface area contributed by atoms with E-state index in [0.717, 1.165) is 13.0 Å². The Labute approximate surface area is 132 Å². The van der Waals surface area contributed by atoms with E-state index in [-0.39, 0.29) is 36.0 Å². The fourth-order valence-electron chi connectivity index (χ4n) is 2.50. The molecule has 0 spiro atoms. The van der Waals surface area contributed by atoms with Crippen molar-refractivity contribution in [3.05, 3.63) is 35.4 Å². The average molecular weight is 332 g/mol. The monoisotopic (exact) mass is 332 g/mol. The van der Waals surface area contributed by atoms with Crippen LogP contribution in [0.3, 0.4) is 0 Å². The summed E-state index contributed by atoms with van der Waals surface area (Å²) in [6.45, 7) is 3.29. The molecule has 0 saturated heterocycles. The topological polar surface area (TPSA) is 32.3 Å². The number of hydrogen-bond donors (Lipinski definition) is 1. The maximum atomic E-state index is 12.0. The summed E-state index contributed by atoms with van der Waals surface area (Å²) in [6.07, 6.45) is 0.887. The first-order chi connectivity index (χ1) is 10.4.